The molecule has 0 bridgehead atoms. The van der Waals surface area contributed by atoms with E-state index in [0.717, 1.165) is 27.6 Å². The summed E-state index contributed by atoms with van der Waals surface area (Å²) in [7, 11) is 1.64. The predicted molar refractivity (Wildman–Crippen MR) is 108 cm³/mol. The Morgan fingerprint density at radius 3 is 2.59 bits per heavy atom. The number of methoxy groups -OCH3 is 1. The van der Waals surface area contributed by atoms with Crippen LogP contribution in [-0.4, -0.2) is 25.8 Å². The van der Waals surface area contributed by atoms with Crippen molar-refractivity contribution in [1.82, 2.24) is 5.43 Å². The first-order valence-electron chi connectivity index (χ1n) is 8.35. The number of hydrogen-bond donors (Lipinski definition) is 1. The average molecular weight is 383 g/mol. The van der Waals surface area contributed by atoms with E-state index in [2.05, 4.69) is 10.5 Å². The highest BCUT2D eigenvalue weighted by atomic mass is 35.5. The number of aryl methyl sites for hydroxylation is 1. The molecule has 5 nitrogen and oxygen atoms in total. The first-order valence-corrected chi connectivity index (χ1v) is 8.73. The molecule has 0 saturated heterocycles. The normalized spacial score (nSPS) is 10.9. The van der Waals surface area contributed by atoms with Crippen molar-refractivity contribution in [2.45, 2.75) is 6.92 Å². The fraction of sp³-hybridized carbons (Fsp3) is 0.143. The standard InChI is InChI=1S/C21H19ClN2O3/c1-14-11-16(22)8-10-19(14)27-13-21(25)24-23-12-15-7-9-20(26-2)18-6-4-3-5-17(15)18/h3-12H,13H2,1-2H3,(H,24,25)/b23-12+. The summed E-state index contributed by atoms with van der Waals surface area (Å²) >= 11 is 5.91. The zero-order valence-corrected chi connectivity index (χ0v) is 15.8. The van der Waals surface area contributed by atoms with E-state index in [4.69, 9.17) is 21.1 Å². The Labute approximate surface area is 162 Å². The maximum absolute atomic E-state index is 12.0. The molecule has 3 rings (SSSR count). The monoisotopic (exact) mass is 382 g/mol. The molecule has 0 aliphatic heterocycles. The van der Waals surface area contributed by atoms with Crippen molar-refractivity contribution >= 4 is 34.5 Å². The van der Waals surface area contributed by atoms with Crippen LogP contribution in [0, 0.1) is 6.92 Å². The number of hydrazone groups is 1. The van der Waals surface area contributed by atoms with Crippen molar-refractivity contribution in [3.63, 3.8) is 0 Å². The van der Waals surface area contributed by atoms with Crippen LogP contribution in [0.1, 0.15) is 11.1 Å². The largest absolute Gasteiger partial charge is 0.496 e. The zero-order valence-electron chi connectivity index (χ0n) is 15.0. The van der Waals surface area contributed by atoms with E-state index in [0.29, 0.717) is 10.8 Å². The van der Waals surface area contributed by atoms with Crippen LogP contribution < -0.4 is 14.9 Å². The number of fused-ring (bicyclic) bond motifs is 1. The van der Waals surface area contributed by atoms with E-state index in [9.17, 15) is 4.79 Å². The number of carbonyl (C=O) groups excluding carboxylic acids is 1. The number of nitrogens with one attached hydrogen (secondary N) is 1. The van der Waals surface area contributed by atoms with Gasteiger partial charge in [0.25, 0.3) is 5.91 Å². The highest BCUT2D eigenvalue weighted by Gasteiger charge is 2.06. The second kappa shape index (κ2) is 8.56. The smallest absolute Gasteiger partial charge is 0.277 e. The van der Waals surface area contributed by atoms with E-state index in [1.807, 2.05) is 43.3 Å². The minimum atomic E-state index is -0.349. The zero-order chi connectivity index (χ0) is 19.2. The molecule has 0 aliphatic carbocycles. The van der Waals surface area contributed by atoms with Crippen molar-refractivity contribution in [3.05, 3.63) is 70.7 Å². The number of carbonyl (C=O) groups is 1. The summed E-state index contributed by atoms with van der Waals surface area (Å²) in [5.41, 5.74) is 4.21. The number of benzene rings is 3. The van der Waals surface area contributed by atoms with Gasteiger partial charge in [-0.15, -0.1) is 0 Å². The van der Waals surface area contributed by atoms with Crippen molar-refractivity contribution in [2.75, 3.05) is 13.7 Å². The van der Waals surface area contributed by atoms with Crippen molar-refractivity contribution in [2.24, 2.45) is 5.10 Å². The molecule has 6 heteroatoms. The first kappa shape index (κ1) is 18.7. The third-order valence-electron chi connectivity index (χ3n) is 4.03. The molecule has 1 N–H and O–H groups in total. The van der Waals surface area contributed by atoms with E-state index in [1.165, 1.54) is 0 Å². The third kappa shape index (κ3) is 4.57. The molecule has 3 aromatic carbocycles. The van der Waals surface area contributed by atoms with Crippen LogP contribution in [0.5, 0.6) is 11.5 Å². The maximum Gasteiger partial charge on any atom is 0.277 e. The van der Waals surface area contributed by atoms with Gasteiger partial charge in [-0.25, -0.2) is 5.43 Å². The topological polar surface area (TPSA) is 59.9 Å². The number of rotatable bonds is 6. The van der Waals surface area contributed by atoms with Gasteiger partial charge in [-0.05, 0) is 48.2 Å². The quantitative estimate of drug-likeness (QED) is 0.509. The van der Waals surface area contributed by atoms with Gasteiger partial charge in [-0.2, -0.15) is 5.10 Å². The van der Waals surface area contributed by atoms with Crippen molar-refractivity contribution < 1.29 is 14.3 Å². The van der Waals surface area contributed by atoms with E-state index >= 15 is 0 Å². The van der Waals surface area contributed by atoms with Gasteiger partial charge in [0, 0.05) is 16.0 Å². The van der Waals surface area contributed by atoms with Crippen molar-refractivity contribution in [3.8, 4) is 11.5 Å². The highest BCUT2D eigenvalue weighted by Crippen LogP contribution is 2.27. The lowest BCUT2D eigenvalue weighted by molar-refractivity contribution is -0.123. The van der Waals surface area contributed by atoms with Crippen molar-refractivity contribution in [1.29, 1.82) is 0 Å². The maximum atomic E-state index is 12.0. The van der Waals surface area contributed by atoms with Gasteiger partial charge in [-0.1, -0.05) is 35.9 Å². The lowest BCUT2D eigenvalue weighted by Gasteiger charge is -2.09. The Morgan fingerprint density at radius 1 is 1.11 bits per heavy atom. The van der Waals surface area contributed by atoms with Gasteiger partial charge < -0.3 is 9.47 Å². The average Bonchev–Trinajstić information content (AvgIpc) is 2.67. The highest BCUT2D eigenvalue weighted by molar-refractivity contribution is 6.30. The lowest BCUT2D eigenvalue weighted by Crippen LogP contribution is -2.24. The van der Waals surface area contributed by atoms with Gasteiger partial charge in [-0.3, -0.25) is 4.79 Å². The number of hydrogen-bond acceptors (Lipinski definition) is 4. The van der Waals surface area contributed by atoms with E-state index in [1.54, 1.807) is 31.5 Å². The second-order valence-corrected chi connectivity index (χ2v) is 6.33. The van der Waals surface area contributed by atoms with Gasteiger partial charge in [0.1, 0.15) is 11.5 Å². The van der Waals surface area contributed by atoms with Gasteiger partial charge in [0.2, 0.25) is 0 Å². The summed E-state index contributed by atoms with van der Waals surface area (Å²) in [6.45, 7) is 1.73. The summed E-state index contributed by atoms with van der Waals surface area (Å²) in [6, 6.07) is 16.8. The molecular formula is C21H19ClN2O3. The van der Waals surface area contributed by atoms with Crippen LogP contribution in [0.4, 0.5) is 0 Å². The fourth-order valence-corrected chi connectivity index (χ4v) is 2.94. The van der Waals surface area contributed by atoms with Gasteiger partial charge in [0.05, 0.1) is 13.3 Å². The lowest BCUT2D eigenvalue weighted by atomic mass is 10.0. The Balaban J connectivity index is 1.64. The summed E-state index contributed by atoms with van der Waals surface area (Å²) < 4.78 is 10.9. The third-order valence-corrected chi connectivity index (χ3v) is 4.26. The Morgan fingerprint density at radius 2 is 1.85 bits per heavy atom. The molecule has 138 valence electrons. The Kier molecular flexibility index (Phi) is 5.94. The van der Waals surface area contributed by atoms with Crippen LogP contribution in [0.15, 0.2) is 59.7 Å². The summed E-state index contributed by atoms with van der Waals surface area (Å²) in [4.78, 5) is 12.0. The molecule has 1 amide bonds. The Hall–Kier alpha value is -3.05. The molecule has 0 spiro atoms. The van der Waals surface area contributed by atoms with Gasteiger partial charge in [0.15, 0.2) is 6.61 Å². The van der Waals surface area contributed by atoms with E-state index < -0.39 is 0 Å². The van der Waals surface area contributed by atoms with E-state index in [-0.39, 0.29) is 12.5 Å². The Bertz CT molecular complexity index is 1000. The molecule has 0 saturated carbocycles. The number of ether oxygens (including phenoxy) is 2. The molecule has 0 fully saturated rings. The molecule has 0 aromatic heterocycles. The molecule has 0 heterocycles. The summed E-state index contributed by atoms with van der Waals surface area (Å²) in [6.07, 6.45) is 1.60. The molecule has 27 heavy (non-hydrogen) atoms. The summed E-state index contributed by atoms with van der Waals surface area (Å²) in [5, 5.41) is 6.63. The van der Waals surface area contributed by atoms with Crippen LogP contribution in [0.3, 0.4) is 0 Å². The molecule has 0 unspecified atom stereocenters. The number of halogens is 1. The molecule has 3 aromatic rings. The first-order chi connectivity index (χ1) is 13.1. The summed E-state index contributed by atoms with van der Waals surface area (Å²) in [5.74, 6) is 1.05. The fourth-order valence-electron chi connectivity index (χ4n) is 2.71. The second-order valence-electron chi connectivity index (χ2n) is 5.89. The number of nitrogens with zero attached hydrogens (tertiary/aromatic N) is 1. The minimum Gasteiger partial charge on any atom is -0.496 e. The molecule has 0 atom stereocenters. The van der Waals surface area contributed by atoms with Crippen LogP contribution >= 0.6 is 11.6 Å². The van der Waals surface area contributed by atoms with Crippen LogP contribution in [-0.2, 0) is 4.79 Å². The molecule has 0 radical (unpaired) electrons. The van der Waals surface area contributed by atoms with Gasteiger partial charge >= 0.3 is 0 Å². The SMILES string of the molecule is COc1ccc(/C=N/NC(=O)COc2ccc(Cl)cc2C)c2ccccc12. The van der Waals surface area contributed by atoms with Crippen LogP contribution in [0.2, 0.25) is 5.02 Å². The molecule has 0 aliphatic rings. The molecular weight excluding hydrogens is 364 g/mol. The predicted octanol–water partition coefficient (Wildman–Crippen LogP) is 4.34. The minimum absolute atomic E-state index is 0.136. The van der Waals surface area contributed by atoms with Crippen LogP contribution in [0.25, 0.3) is 10.8 Å². The number of amides is 1.